The molecule has 4 nitrogen and oxygen atoms in total. The van der Waals surface area contributed by atoms with Gasteiger partial charge in [-0.15, -0.1) is 0 Å². The third kappa shape index (κ3) is 2.01. The molecule has 1 fully saturated rings. The van der Waals surface area contributed by atoms with Crippen molar-refractivity contribution in [3.05, 3.63) is 29.8 Å². The lowest BCUT2D eigenvalue weighted by Crippen LogP contribution is -2.32. The van der Waals surface area contributed by atoms with Crippen LogP contribution in [0.25, 0.3) is 0 Å². The van der Waals surface area contributed by atoms with E-state index in [0.29, 0.717) is 18.4 Å². The summed E-state index contributed by atoms with van der Waals surface area (Å²) in [5.41, 5.74) is 5.56. The standard InChI is InChI=1S/C11H13NO3S/c1-16(14,15)9-4-2-8(3-5-9)10(13)11(12)6-7-11/h2-5H,6-7,12H2,1H3. The van der Waals surface area contributed by atoms with Crippen molar-refractivity contribution < 1.29 is 13.2 Å². The molecule has 0 bridgehead atoms. The number of hydrogen-bond donors (Lipinski definition) is 1. The van der Waals surface area contributed by atoms with Crippen LogP contribution >= 0.6 is 0 Å². The highest BCUT2D eigenvalue weighted by Crippen LogP contribution is 2.35. The lowest BCUT2D eigenvalue weighted by atomic mass is 10.0. The van der Waals surface area contributed by atoms with Crippen molar-refractivity contribution in [3.63, 3.8) is 0 Å². The summed E-state index contributed by atoms with van der Waals surface area (Å²) < 4.78 is 22.4. The fourth-order valence-corrected chi connectivity index (χ4v) is 2.13. The number of Topliss-reactive ketones (excluding diaryl/α,β-unsaturated/α-hetero) is 1. The Balaban J connectivity index is 2.30. The lowest BCUT2D eigenvalue weighted by molar-refractivity contribution is 0.0949. The van der Waals surface area contributed by atoms with Crippen LogP contribution in [0.4, 0.5) is 0 Å². The fourth-order valence-electron chi connectivity index (χ4n) is 1.50. The van der Waals surface area contributed by atoms with Gasteiger partial charge in [0.2, 0.25) is 0 Å². The molecule has 1 aliphatic rings. The molecule has 0 aromatic heterocycles. The van der Waals surface area contributed by atoms with E-state index in [1.165, 1.54) is 24.3 Å². The average molecular weight is 239 g/mol. The van der Waals surface area contributed by atoms with Crippen LogP contribution in [0.1, 0.15) is 23.2 Å². The molecular weight excluding hydrogens is 226 g/mol. The van der Waals surface area contributed by atoms with Gasteiger partial charge in [-0.05, 0) is 25.0 Å². The number of carbonyl (C=O) groups excluding carboxylic acids is 1. The minimum Gasteiger partial charge on any atom is -0.319 e. The number of hydrogen-bond acceptors (Lipinski definition) is 4. The summed E-state index contributed by atoms with van der Waals surface area (Å²) in [6.07, 6.45) is 2.55. The second-order valence-corrected chi connectivity index (χ2v) is 6.30. The smallest absolute Gasteiger partial charge is 0.182 e. The molecule has 0 amide bonds. The van der Waals surface area contributed by atoms with Gasteiger partial charge in [0.1, 0.15) is 0 Å². The Labute approximate surface area is 94.4 Å². The number of carbonyl (C=O) groups is 1. The highest BCUT2D eigenvalue weighted by Gasteiger charge is 2.45. The van der Waals surface area contributed by atoms with Crippen molar-refractivity contribution >= 4 is 15.6 Å². The van der Waals surface area contributed by atoms with Gasteiger partial charge in [-0.3, -0.25) is 4.79 Å². The van der Waals surface area contributed by atoms with E-state index >= 15 is 0 Å². The van der Waals surface area contributed by atoms with Crippen LogP contribution < -0.4 is 5.73 Å². The monoisotopic (exact) mass is 239 g/mol. The zero-order chi connectivity index (χ0) is 12.0. The number of sulfone groups is 1. The van der Waals surface area contributed by atoms with Gasteiger partial charge >= 0.3 is 0 Å². The van der Waals surface area contributed by atoms with E-state index < -0.39 is 15.4 Å². The highest BCUT2D eigenvalue weighted by molar-refractivity contribution is 7.90. The number of rotatable bonds is 3. The first-order chi connectivity index (χ1) is 7.33. The topological polar surface area (TPSA) is 77.2 Å². The lowest BCUT2D eigenvalue weighted by Gasteiger charge is -2.07. The Morgan fingerprint density at radius 1 is 1.25 bits per heavy atom. The molecule has 1 aromatic carbocycles. The number of ketones is 1. The van der Waals surface area contributed by atoms with Crippen molar-refractivity contribution in [2.75, 3.05) is 6.26 Å². The van der Waals surface area contributed by atoms with Gasteiger partial charge in [0.15, 0.2) is 15.6 Å². The summed E-state index contributed by atoms with van der Waals surface area (Å²) in [4.78, 5) is 12.0. The molecule has 1 saturated carbocycles. The van der Waals surface area contributed by atoms with Crippen LogP contribution in [0.3, 0.4) is 0 Å². The predicted octanol–water partition coefficient (Wildman–Crippen LogP) is 0.764. The molecule has 2 N–H and O–H groups in total. The molecule has 16 heavy (non-hydrogen) atoms. The van der Waals surface area contributed by atoms with Gasteiger partial charge in [0, 0.05) is 11.8 Å². The van der Waals surface area contributed by atoms with Gasteiger partial charge in [-0.1, -0.05) is 12.1 Å². The van der Waals surface area contributed by atoms with Crippen LogP contribution in [0.15, 0.2) is 29.2 Å². The molecule has 0 saturated heterocycles. The molecule has 5 heteroatoms. The molecule has 2 rings (SSSR count). The minimum absolute atomic E-state index is 0.104. The van der Waals surface area contributed by atoms with Crippen LogP contribution in [0, 0.1) is 0 Å². The maximum absolute atomic E-state index is 11.8. The number of nitrogens with two attached hydrogens (primary N) is 1. The molecular formula is C11H13NO3S. The van der Waals surface area contributed by atoms with E-state index in [2.05, 4.69) is 0 Å². The van der Waals surface area contributed by atoms with Gasteiger partial charge in [-0.25, -0.2) is 8.42 Å². The first-order valence-electron chi connectivity index (χ1n) is 4.97. The Bertz CT molecular complexity index is 527. The van der Waals surface area contributed by atoms with Crippen molar-refractivity contribution in [2.45, 2.75) is 23.3 Å². The van der Waals surface area contributed by atoms with Gasteiger partial charge in [0.05, 0.1) is 10.4 Å². The molecule has 0 aliphatic heterocycles. The Hall–Kier alpha value is -1.20. The SMILES string of the molecule is CS(=O)(=O)c1ccc(C(=O)C2(N)CC2)cc1. The van der Waals surface area contributed by atoms with Crippen LogP contribution in [0.5, 0.6) is 0 Å². The molecule has 0 radical (unpaired) electrons. The number of benzene rings is 1. The fraction of sp³-hybridized carbons (Fsp3) is 0.364. The average Bonchev–Trinajstić information content (AvgIpc) is 2.96. The summed E-state index contributed by atoms with van der Waals surface area (Å²) in [6, 6.07) is 5.92. The van der Waals surface area contributed by atoms with Gasteiger partial charge in [0.25, 0.3) is 0 Å². The predicted molar refractivity (Wildman–Crippen MR) is 60.0 cm³/mol. The molecule has 86 valence electrons. The maximum Gasteiger partial charge on any atom is 0.182 e. The van der Waals surface area contributed by atoms with Gasteiger partial charge in [-0.2, -0.15) is 0 Å². The van der Waals surface area contributed by atoms with Crippen molar-refractivity contribution in [3.8, 4) is 0 Å². The van der Waals surface area contributed by atoms with Gasteiger partial charge < -0.3 is 5.73 Å². The van der Waals surface area contributed by atoms with Crippen molar-refractivity contribution in [1.29, 1.82) is 0 Å². The van der Waals surface area contributed by atoms with E-state index in [0.717, 1.165) is 6.26 Å². The second-order valence-electron chi connectivity index (χ2n) is 4.28. The largest absolute Gasteiger partial charge is 0.319 e. The van der Waals surface area contributed by atoms with Crippen LogP contribution in [-0.4, -0.2) is 26.0 Å². The summed E-state index contributed by atoms with van der Waals surface area (Å²) >= 11 is 0. The first kappa shape index (κ1) is 11.3. The molecule has 1 aliphatic carbocycles. The third-order valence-corrected chi connectivity index (χ3v) is 3.91. The van der Waals surface area contributed by atoms with Crippen molar-refractivity contribution in [2.24, 2.45) is 5.73 Å². The molecule has 0 unspecified atom stereocenters. The van der Waals surface area contributed by atoms with Crippen molar-refractivity contribution in [1.82, 2.24) is 0 Å². The normalized spacial score (nSPS) is 18.1. The zero-order valence-corrected chi connectivity index (χ0v) is 9.75. The Kier molecular flexibility index (Phi) is 2.40. The first-order valence-corrected chi connectivity index (χ1v) is 6.86. The van der Waals surface area contributed by atoms with E-state index in [1.54, 1.807) is 0 Å². The maximum atomic E-state index is 11.8. The summed E-state index contributed by atoms with van der Waals surface area (Å²) in [5.74, 6) is -0.104. The minimum atomic E-state index is -3.21. The molecule has 0 heterocycles. The molecule has 0 atom stereocenters. The van der Waals surface area contributed by atoms with E-state index in [9.17, 15) is 13.2 Å². The Morgan fingerprint density at radius 2 is 1.75 bits per heavy atom. The van der Waals surface area contributed by atoms with Crippen LogP contribution in [-0.2, 0) is 9.84 Å². The summed E-state index contributed by atoms with van der Waals surface area (Å²) in [5, 5.41) is 0. The highest BCUT2D eigenvalue weighted by atomic mass is 32.2. The second kappa shape index (κ2) is 3.40. The van der Waals surface area contributed by atoms with E-state index in [1.807, 2.05) is 0 Å². The third-order valence-electron chi connectivity index (χ3n) is 2.79. The van der Waals surface area contributed by atoms with E-state index in [4.69, 9.17) is 5.73 Å². The molecule has 1 aromatic rings. The molecule has 0 spiro atoms. The van der Waals surface area contributed by atoms with Crippen LogP contribution in [0.2, 0.25) is 0 Å². The van der Waals surface area contributed by atoms with E-state index in [-0.39, 0.29) is 10.7 Å². The Morgan fingerprint density at radius 3 is 2.12 bits per heavy atom. The summed E-state index contributed by atoms with van der Waals surface area (Å²) in [6.45, 7) is 0. The summed E-state index contributed by atoms with van der Waals surface area (Å²) in [7, 11) is -3.21. The quantitative estimate of drug-likeness (QED) is 0.790. The zero-order valence-electron chi connectivity index (χ0n) is 8.93.